The van der Waals surface area contributed by atoms with Gasteiger partial charge in [-0.1, -0.05) is 20.8 Å². The van der Waals surface area contributed by atoms with Gasteiger partial charge >= 0.3 is 5.69 Å². The third-order valence-electron chi connectivity index (χ3n) is 2.57. The Balaban J connectivity index is 3.00. The summed E-state index contributed by atoms with van der Waals surface area (Å²) in [5, 5.41) is 10.7. The number of carbonyl (C=O) groups excluding carboxylic acids is 1. The van der Waals surface area contributed by atoms with Crippen molar-refractivity contribution in [3.05, 3.63) is 34.1 Å². The molecule has 0 aliphatic rings. The van der Waals surface area contributed by atoms with Crippen LogP contribution >= 0.6 is 0 Å². The van der Waals surface area contributed by atoms with Crippen molar-refractivity contribution in [3.63, 3.8) is 0 Å². The standard InChI is InChI=1S/C13H17FN2O3/c1-13(2,3)8-12(17)15(4)9-5-6-10(14)11(7-9)16(18)19/h5-7H,8H2,1-4H3. The maximum Gasteiger partial charge on any atom is 0.306 e. The molecule has 0 aliphatic heterocycles. The normalized spacial score (nSPS) is 11.2. The summed E-state index contributed by atoms with van der Waals surface area (Å²) in [7, 11) is 1.52. The number of nitrogens with zero attached hydrogens (tertiary/aromatic N) is 2. The van der Waals surface area contributed by atoms with Gasteiger partial charge in [-0.25, -0.2) is 0 Å². The molecule has 0 spiro atoms. The Labute approximate surface area is 111 Å². The number of hydrogen-bond acceptors (Lipinski definition) is 3. The highest BCUT2D eigenvalue weighted by Crippen LogP contribution is 2.26. The molecule has 0 aliphatic carbocycles. The van der Waals surface area contributed by atoms with E-state index in [1.54, 1.807) is 0 Å². The highest BCUT2D eigenvalue weighted by atomic mass is 19.1. The lowest BCUT2D eigenvalue weighted by Crippen LogP contribution is -2.29. The minimum Gasteiger partial charge on any atom is -0.315 e. The summed E-state index contributed by atoms with van der Waals surface area (Å²) in [5.41, 5.74) is -0.507. The van der Waals surface area contributed by atoms with Crippen LogP contribution in [0.15, 0.2) is 18.2 Å². The molecule has 1 aromatic rings. The second-order valence-electron chi connectivity index (χ2n) is 5.58. The van der Waals surface area contributed by atoms with Crippen molar-refractivity contribution in [1.29, 1.82) is 0 Å². The Morgan fingerprint density at radius 2 is 2.00 bits per heavy atom. The molecule has 6 heteroatoms. The topological polar surface area (TPSA) is 63.5 Å². The SMILES string of the molecule is CN(C(=O)CC(C)(C)C)c1ccc(F)c([N+](=O)[O-])c1. The summed E-state index contributed by atoms with van der Waals surface area (Å²) in [6.45, 7) is 5.77. The second-order valence-corrected chi connectivity index (χ2v) is 5.58. The van der Waals surface area contributed by atoms with Crippen LogP contribution in [0.3, 0.4) is 0 Å². The highest BCUT2D eigenvalue weighted by Gasteiger charge is 2.22. The van der Waals surface area contributed by atoms with Crippen molar-refractivity contribution in [3.8, 4) is 0 Å². The van der Waals surface area contributed by atoms with Gasteiger partial charge in [0.05, 0.1) is 10.6 Å². The first-order valence-electron chi connectivity index (χ1n) is 5.82. The molecule has 0 aromatic heterocycles. The summed E-state index contributed by atoms with van der Waals surface area (Å²) in [5.74, 6) is -1.08. The van der Waals surface area contributed by atoms with E-state index in [4.69, 9.17) is 0 Å². The number of amides is 1. The highest BCUT2D eigenvalue weighted by molar-refractivity contribution is 5.93. The third kappa shape index (κ3) is 4.01. The molecule has 1 rings (SSSR count). The smallest absolute Gasteiger partial charge is 0.306 e. The quantitative estimate of drug-likeness (QED) is 0.625. The van der Waals surface area contributed by atoms with Crippen LogP contribution in [-0.4, -0.2) is 17.9 Å². The van der Waals surface area contributed by atoms with Crippen molar-refractivity contribution >= 4 is 17.3 Å². The Bertz CT molecular complexity index is 509. The van der Waals surface area contributed by atoms with Crippen molar-refractivity contribution < 1.29 is 14.1 Å². The van der Waals surface area contributed by atoms with Gasteiger partial charge in [-0.3, -0.25) is 14.9 Å². The zero-order valence-electron chi connectivity index (χ0n) is 11.4. The summed E-state index contributed by atoms with van der Waals surface area (Å²) in [6, 6.07) is 3.41. The number of carbonyl (C=O) groups is 1. The molecule has 0 saturated heterocycles. The average Bonchev–Trinajstić information content (AvgIpc) is 2.26. The van der Waals surface area contributed by atoms with Crippen molar-refractivity contribution in [2.75, 3.05) is 11.9 Å². The van der Waals surface area contributed by atoms with Gasteiger partial charge in [0.2, 0.25) is 11.7 Å². The Morgan fingerprint density at radius 3 is 2.47 bits per heavy atom. The first-order chi connectivity index (χ1) is 8.61. The van der Waals surface area contributed by atoms with Crippen molar-refractivity contribution in [1.82, 2.24) is 0 Å². The lowest BCUT2D eigenvalue weighted by molar-refractivity contribution is -0.387. The molecule has 1 aromatic carbocycles. The summed E-state index contributed by atoms with van der Waals surface area (Å²) in [4.78, 5) is 23.1. The number of benzene rings is 1. The summed E-state index contributed by atoms with van der Waals surface area (Å²) in [6.07, 6.45) is 0.300. The van der Waals surface area contributed by atoms with Crippen LogP contribution in [0, 0.1) is 21.3 Å². The molecule has 0 fully saturated rings. The number of rotatable bonds is 3. The fourth-order valence-electron chi connectivity index (χ4n) is 1.57. The molecule has 0 N–H and O–H groups in total. The molecule has 104 valence electrons. The molecule has 1 amide bonds. The van der Waals surface area contributed by atoms with Gasteiger partial charge in [-0.15, -0.1) is 0 Å². The van der Waals surface area contributed by atoms with Crippen LogP contribution in [0.2, 0.25) is 0 Å². The molecular weight excluding hydrogens is 251 g/mol. The van der Waals surface area contributed by atoms with Gasteiger partial charge in [0.25, 0.3) is 0 Å². The van der Waals surface area contributed by atoms with Crippen LogP contribution in [0.5, 0.6) is 0 Å². The fraction of sp³-hybridized carbons (Fsp3) is 0.462. The minimum absolute atomic E-state index is 0.173. The molecule has 19 heavy (non-hydrogen) atoms. The Kier molecular flexibility index (Phi) is 4.24. The maximum atomic E-state index is 13.2. The molecule has 0 atom stereocenters. The predicted octanol–water partition coefficient (Wildman–Crippen LogP) is 3.13. The van der Waals surface area contributed by atoms with Gasteiger partial charge in [-0.05, 0) is 17.5 Å². The Hall–Kier alpha value is -1.98. The predicted molar refractivity (Wildman–Crippen MR) is 70.5 cm³/mol. The van der Waals surface area contributed by atoms with Crippen molar-refractivity contribution in [2.24, 2.45) is 5.41 Å². The molecule has 5 nitrogen and oxygen atoms in total. The van der Waals surface area contributed by atoms with E-state index in [0.717, 1.165) is 12.1 Å². The molecule has 0 radical (unpaired) electrons. The summed E-state index contributed by atoms with van der Waals surface area (Å²) < 4.78 is 13.2. The van der Waals surface area contributed by atoms with E-state index in [9.17, 15) is 19.3 Å². The van der Waals surface area contributed by atoms with Gasteiger partial charge in [0.15, 0.2) is 0 Å². The van der Waals surface area contributed by atoms with E-state index in [-0.39, 0.29) is 11.3 Å². The molecule has 0 heterocycles. The van der Waals surface area contributed by atoms with Crippen LogP contribution in [0.25, 0.3) is 0 Å². The zero-order chi connectivity index (χ0) is 14.8. The molecular formula is C13H17FN2O3. The number of nitro groups is 1. The number of halogens is 1. The largest absolute Gasteiger partial charge is 0.315 e. The number of hydrogen-bond donors (Lipinski definition) is 0. The van der Waals surface area contributed by atoms with Gasteiger partial charge in [0.1, 0.15) is 0 Å². The zero-order valence-corrected chi connectivity index (χ0v) is 11.4. The second kappa shape index (κ2) is 5.34. The van der Waals surface area contributed by atoms with E-state index >= 15 is 0 Å². The van der Waals surface area contributed by atoms with Crippen LogP contribution in [0.4, 0.5) is 15.8 Å². The van der Waals surface area contributed by atoms with Gasteiger partial charge < -0.3 is 4.90 Å². The maximum absolute atomic E-state index is 13.2. The van der Waals surface area contributed by atoms with Gasteiger partial charge in [-0.2, -0.15) is 4.39 Å². The lowest BCUT2D eigenvalue weighted by atomic mass is 9.91. The van der Waals surface area contributed by atoms with Crippen LogP contribution in [0.1, 0.15) is 27.2 Å². The van der Waals surface area contributed by atoms with E-state index in [0.29, 0.717) is 12.1 Å². The third-order valence-corrected chi connectivity index (χ3v) is 2.57. The minimum atomic E-state index is -0.912. The van der Waals surface area contributed by atoms with E-state index < -0.39 is 16.4 Å². The number of nitro benzene ring substituents is 1. The average molecular weight is 268 g/mol. The molecule has 0 unspecified atom stereocenters. The van der Waals surface area contributed by atoms with Crippen LogP contribution < -0.4 is 4.90 Å². The lowest BCUT2D eigenvalue weighted by Gasteiger charge is -2.23. The summed E-state index contributed by atoms with van der Waals surface area (Å²) >= 11 is 0. The Morgan fingerprint density at radius 1 is 1.42 bits per heavy atom. The number of anilines is 1. The van der Waals surface area contributed by atoms with Crippen molar-refractivity contribution in [2.45, 2.75) is 27.2 Å². The molecule has 0 bridgehead atoms. The van der Waals surface area contributed by atoms with E-state index in [2.05, 4.69) is 0 Å². The fourth-order valence-corrected chi connectivity index (χ4v) is 1.57. The first kappa shape index (κ1) is 15.1. The van der Waals surface area contributed by atoms with E-state index in [1.165, 1.54) is 18.0 Å². The van der Waals surface area contributed by atoms with E-state index in [1.807, 2.05) is 20.8 Å². The van der Waals surface area contributed by atoms with Crippen LogP contribution in [-0.2, 0) is 4.79 Å². The molecule has 0 saturated carbocycles. The first-order valence-corrected chi connectivity index (χ1v) is 5.82. The monoisotopic (exact) mass is 268 g/mol. The van der Waals surface area contributed by atoms with Gasteiger partial charge in [0, 0.05) is 19.5 Å².